The van der Waals surface area contributed by atoms with Gasteiger partial charge in [-0.2, -0.15) is 5.10 Å². The van der Waals surface area contributed by atoms with Crippen molar-refractivity contribution in [1.82, 2.24) is 14.8 Å². The quantitative estimate of drug-likeness (QED) is 0.452. The maximum Gasteiger partial charge on any atom is 0.181 e. The Kier molecular flexibility index (Phi) is 7.76. The Bertz CT molecular complexity index is 614. The van der Waals surface area contributed by atoms with Crippen LogP contribution in [0.3, 0.4) is 0 Å². The van der Waals surface area contributed by atoms with Crippen molar-refractivity contribution in [2.75, 3.05) is 20.3 Å². The molecule has 1 atom stereocenters. The fourth-order valence-electron chi connectivity index (χ4n) is 2.17. The van der Waals surface area contributed by atoms with Crippen LogP contribution in [-0.2, 0) is 27.5 Å². The van der Waals surface area contributed by atoms with Crippen molar-refractivity contribution in [2.45, 2.75) is 45.1 Å². The third-order valence-corrected chi connectivity index (χ3v) is 5.38. The fraction of sp³-hybridized carbons (Fsp3) is 0.556. The highest BCUT2D eigenvalue weighted by atomic mass is 28.3. The first kappa shape index (κ1) is 19.8. The van der Waals surface area contributed by atoms with Gasteiger partial charge in [0.05, 0.1) is 13.2 Å². The Morgan fingerprint density at radius 1 is 1.16 bits per heavy atom. The van der Waals surface area contributed by atoms with Crippen LogP contribution in [0.4, 0.5) is 0 Å². The van der Waals surface area contributed by atoms with Crippen molar-refractivity contribution in [1.29, 1.82) is 0 Å². The summed E-state index contributed by atoms with van der Waals surface area (Å²) in [5.74, 6) is 0.617. The minimum absolute atomic E-state index is 0.298. The Balaban J connectivity index is 1.85. The van der Waals surface area contributed by atoms with Crippen molar-refractivity contribution in [3.8, 4) is 0 Å². The Morgan fingerprint density at radius 2 is 1.92 bits per heavy atom. The summed E-state index contributed by atoms with van der Waals surface area (Å²) in [7, 11) is 0.580. The van der Waals surface area contributed by atoms with Gasteiger partial charge in [-0.1, -0.05) is 50.0 Å². The summed E-state index contributed by atoms with van der Waals surface area (Å²) in [5, 5.41) is 4.46. The minimum Gasteiger partial charge on any atom is -0.381 e. The van der Waals surface area contributed by atoms with E-state index in [0.29, 0.717) is 25.8 Å². The standard InChI is InChI=1S/C18H29N3O3Si/c1-22-13-17(24-12-16-8-6-5-7-9-16)18-19-14-21(20-18)15-23-10-11-25(2,3)4/h5-9,14,17H,10-13,15H2,1-4H3. The van der Waals surface area contributed by atoms with E-state index >= 15 is 0 Å². The van der Waals surface area contributed by atoms with Crippen LogP contribution in [0, 0.1) is 0 Å². The molecule has 0 fully saturated rings. The summed E-state index contributed by atoms with van der Waals surface area (Å²) in [6.45, 7) is 9.09. The molecular weight excluding hydrogens is 334 g/mol. The van der Waals surface area contributed by atoms with Crippen LogP contribution >= 0.6 is 0 Å². The zero-order valence-corrected chi connectivity index (χ0v) is 16.6. The van der Waals surface area contributed by atoms with Crippen molar-refractivity contribution in [2.24, 2.45) is 0 Å². The van der Waals surface area contributed by atoms with Gasteiger partial charge < -0.3 is 14.2 Å². The van der Waals surface area contributed by atoms with Gasteiger partial charge in [-0.05, 0) is 11.6 Å². The molecule has 0 saturated heterocycles. The number of hydrogen-bond donors (Lipinski definition) is 0. The summed E-state index contributed by atoms with van der Waals surface area (Å²) >= 11 is 0. The van der Waals surface area contributed by atoms with Crippen LogP contribution in [0.2, 0.25) is 25.7 Å². The third kappa shape index (κ3) is 7.48. The SMILES string of the molecule is COCC(OCc1ccccc1)c1ncn(COCC[Si](C)(C)C)n1. The largest absolute Gasteiger partial charge is 0.381 e. The molecule has 2 rings (SSSR count). The van der Waals surface area contributed by atoms with E-state index in [1.807, 2.05) is 30.3 Å². The molecule has 0 spiro atoms. The Hall–Kier alpha value is -1.54. The zero-order chi connectivity index (χ0) is 18.1. The molecule has 1 aromatic heterocycles. The molecule has 0 aliphatic rings. The van der Waals surface area contributed by atoms with Gasteiger partial charge in [0.2, 0.25) is 0 Å². The Labute approximate surface area is 151 Å². The molecule has 0 radical (unpaired) electrons. The van der Waals surface area contributed by atoms with Gasteiger partial charge in [-0.3, -0.25) is 0 Å². The second-order valence-electron chi connectivity index (χ2n) is 7.23. The van der Waals surface area contributed by atoms with Gasteiger partial charge in [0, 0.05) is 21.8 Å². The van der Waals surface area contributed by atoms with Crippen LogP contribution in [0.5, 0.6) is 0 Å². The van der Waals surface area contributed by atoms with Crippen molar-refractivity contribution in [3.63, 3.8) is 0 Å². The van der Waals surface area contributed by atoms with Gasteiger partial charge in [0.15, 0.2) is 5.82 Å². The van der Waals surface area contributed by atoms with E-state index in [-0.39, 0.29) is 6.10 Å². The molecule has 25 heavy (non-hydrogen) atoms. The molecule has 0 saturated carbocycles. The predicted octanol–water partition coefficient (Wildman–Crippen LogP) is 3.49. The highest BCUT2D eigenvalue weighted by molar-refractivity contribution is 6.76. The molecule has 0 aliphatic carbocycles. The lowest BCUT2D eigenvalue weighted by Crippen LogP contribution is -2.22. The normalized spacial score (nSPS) is 13.1. The van der Waals surface area contributed by atoms with Crippen LogP contribution in [-0.4, -0.2) is 43.2 Å². The first-order valence-electron chi connectivity index (χ1n) is 8.59. The molecule has 0 amide bonds. The van der Waals surface area contributed by atoms with Crippen molar-refractivity contribution in [3.05, 3.63) is 48.0 Å². The molecule has 7 heteroatoms. The first-order chi connectivity index (χ1) is 12.0. The van der Waals surface area contributed by atoms with Gasteiger partial charge >= 0.3 is 0 Å². The third-order valence-electron chi connectivity index (χ3n) is 3.67. The summed E-state index contributed by atoms with van der Waals surface area (Å²) in [5.41, 5.74) is 1.11. The molecule has 1 unspecified atom stereocenters. The van der Waals surface area contributed by atoms with Crippen LogP contribution in [0.1, 0.15) is 17.5 Å². The van der Waals surface area contributed by atoms with E-state index in [4.69, 9.17) is 14.2 Å². The molecule has 0 aliphatic heterocycles. The molecule has 138 valence electrons. The van der Waals surface area contributed by atoms with E-state index in [1.165, 1.54) is 0 Å². The van der Waals surface area contributed by atoms with Gasteiger partial charge in [0.25, 0.3) is 0 Å². The number of nitrogens with zero attached hydrogens (tertiary/aromatic N) is 3. The number of rotatable bonds is 11. The molecule has 1 aromatic carbocycles. The molecule has 6 nitrogen and oxygen atoms in total. The van der Waals surface area contributed by atoms with E-state index in [9.17, 15) is 0 Å². The number of aromatic nitrogens is 3. The van der Waals surface area contributed by atoms with Crippen LogP contribution in [0.25, 0.3) is 0 Å². The molecule has 1 heterocycles. The van der Waals surface area contributed by atoms with Gasteiger partial charge in [0.1, 0.15) is 19.2 Å². The van der Waals surface area contributed by atoms with Crippen molar-refractivity contribution >= 4 is 8.07 Å². The molecule has 0 N–H and O–H groups in total. The average molecular weight is 364 g/mol. The summed E-state index contributed by atoms with van der Waals surface area (Å²) in [6.07, 6.45) is 1.38. The molecule has 0 bridgehead atoms. The molecular formula is C18H29N3O3Si. The number of hydrogen-bond acceptors (Lipinski definition) is 5. The summed E-state index contributed by atoms with van der Waals surface area (Å²) < 4.78 is 18.6. The van der Waals surface area contributed by atoms with Crippen molar-refractivity contribution < 1.29 is 14.2 Å². The number of methoxy groups -OCH3 is 1. The maximum absolute atomic E-state index is 5.94. The fourth-order valence-corrected chi connectivity index (χ4v) is 2.93. The smallest absolute Gasteiger partial charge is 0.181 e. The summed E-state index contributed by atoms with van der Waals surface area (Å²) in [4.78, 5) is 4.35. The highest BCUT2D eigenvalue weighted by Gasteiger charge is 2.17. The van der Waals surface area contributed by atoms with E-state index < -0.39 is 8.07 Å². The number of ether oxygens (including phenoxy) is 3. The predicted molar refractivity (Wildman–Crippen MR) is 100.0 cm³/mol. The summed E-state index contributed by atoms with van der Waals surface area (Å²) in [6, 6.07) is 11.2. The lowest BCUT2D eigenvalue weighted by atomic mass is 10.2. The van der Waals surface area contributed by atoms with Gasteiger partial charge in [-0.15, -0.1) is 0 Å². The van der Waals surface area contributed by atoms with Gasteiger partial charge in [-0.25, -0.2) is 9.67 Å². The monoisotopic (exact) mass is 363 g/mol. The minimum atomic E-state index is -1.07. The topological polar surface area (TPSA) is 58.4 Å². The Morgan fingerprint density at radius 3 is 2.60 bits per heavy atom. The maximum atomic E-state index is 5.94. The zero-order valence-electron chi connectivity index (χ0n) is 15.6. The highest BCUT2D eigenvalue weighted by Crippen LogP contribution is 2.16. The lowest BCUT2D eigenvalue weighted by molar-refractivity contribution is -0.0183. The first-order valence-corrected chi connectivity index (χ1v) is 12.3. The van der Waals surface area contributed by atoms with E-state index in [2.05, 4.69) is 29.7 Å². The lowest BCUT2D eigenvalue weighted by Gasteiger charge is -2.15. The molecule has 2 aromatic rings. The van der Waals surface area contributed by atoms with Crippen LogP contribution < -0.4 is 0 Å². The van der Waals surface area contributed by atoms with E-state index in [0.717, 1.165) is 18.2 Å². The van der Waals surface area contributed by atoms with Crippen LogP contribution in [0.15, 0.2) is 36.7 Å². The number of benzene rings is 1. The second-order valence-corrected chi connectivity index (χ2v) is 12.9. The average Bonchev–Trinajstić information content (AvgIpc) is 3.04. The van der Waals surface area contributed by atoms with E-state index in [1.54, 1.807) is 18.1 Å². The second kappa shape index (κ2) is 9.81.